The monoisotopic (exact) mass is 498 g/mol. The van der Waals surface area contributed by atoms with Crippen LogP contribution in [-0.2, 0) is 29.7 Å². The molecule has 188 valence electrons. The van der Waals surface area contributed by atoms with Gasteiger partial charge in [0.25, 0.3) is 0 Å². The summed E-state index contributed by atoms with van der Waals surface area (Å²) in [6, 6.07) is 14.0. The first-order valence-corrected chi connectivity index (χ1v) is 16.4. The minimum absolute atomic E-state index is 0.133. The molecule has 1 atom stereocenters. The third kappa shape index (κ3) is 5.53. The number of nitrogens with two attached hydrogens (primary N) is 1. The Hall–Kier alpha value is -3.02. The van der Waals surface area contributed by atoms with Crippen molar-refractivity contribution in [3.63, 3.8) is 0 Å². The van der Waals surface area contributed by atoms with Crippen molar-refractivity contribution < 1.29 is 4.74 Å². The van der Waals surface area contributed by atoms with Crippen molar-refractivity contribution in [2.24, 2.45) is 10.7 Å². The molecule has 6 heteroatoms. The second-order valence-corrected chi connectivity index (χ2v) is 16.5. The van der Waals surface area contributed by atoms with Crippen LogP contribution in [0.2, 0.25) is 25.7 Å². The molecule has 5 nitrogen and oxygen atoms in total. The van der Waals surface area contributed by atoms with Crippen LogP contribution in [0.4, 0.5) is 0 Å². The molecular formula is C30H38N4OSi. The zero-order valence-corrected chi connectivity index (χ0v) is 23.1. The van der Waals surface area contributed by atoms with Crippen molar-refractivity contribution in [3.05, 3.63) is 94.4 Å². The van der Waals surface area contributed by atoms with Crippen molar-refractivity contribution in [1.29, 1.82) is 0 Å². The number of hydrogen-bond donors (Lipinski definition) is 1. The Morgan fingerprint density at radius 3 is 2.75 bits per heavy atom. The fourth-order valence-electron chi connectivity index (χ4n) is 4.98. The molecular weight excluding hydrogens is 460 g/mol. The van der Waals surface area contributed by atoms with Gasteiger partial charge < -0.3 is 15.0 Å². The van der Waals surface area contributed by atoms with Gasteiger partial charge in [-0.05, 0) is 60.7 Å². The summed E-state index contributed by atoms with van der Waals surface area (Å²) in [5.41, 5.74) is 15.2. The van der Waals surface area contributed by atoms with E-state index >= 15 is 0 Å². The predicted molar refractivity (Wildman–Crippen MR) is 152 cm³/mol. The van der Waals surface area contributed by atoms with Gasteiger partial charge in [0.2, 0.25) is 0 Å². The van der Waals surface area contributed by atoms with E-state index in [1.165, 1.54) is 16.7 Å². The van der Waals surface area contributed by atoms with Gasteiger partial charge in [-0.25, -0.2) is 0 Å². The number of aliphatic imine (C=N–C) groups is 1. The van der Waals surface area contributed by atoms with Gasteiger partial charge in [0.1, 0.15) is 6.73 Å². The Labute approximate surface area is 215 Å². The van der Waals surface area contributed by atoms with Crippen molar-refractivity contribution in [3.8, 4) is 0 Å². The molecule has 2 aromatic heterocycles. The average molecular weight is 499 g/mol. The molecule has 4 rings (SSSR count). The maximum atomic E-state index is 6.42. The summed E-state index contributed by atoms with van der Waals surface area (Å²) in [7, 11) is -1.13. The summed E-state index contributed by atoms with van der Waals surface area (Å²) < 4.78 is 8.06. The Morgan fingerprint density at radius 1 is 1.25 bits per heavy atom. The van der Waals surface area contributed by atoms with Crippen LogP contribution >= 0.6 is 0 Å². The van der Waals surface area contributed by atoms with E-state index < -0.39 is 8.07 Å². The van der Waals surface area contributed by atoms with E-state index in [9.17, 15) is 0 Å². The van der Waals surface area contributed by atoms with E-state index in [1.807, 2.05) is 31.7 Å². The second kappa shape index (κ2) is 10.9. The highest BCUT2D eigenvalue weighted by Gasteiger charge is 2.38. The lowest BCUT2D eigenvalue weighted by atomic mass is 9.77. The Kier molecular flexibility index (Phi) is 7.91. The fourth-order valence-corrected chi connectivity index (χ4v) is 5.74. The predicted octanol–water partition coefficient (Wildman–Crippen LogP) is 4.00. The van der Waals surface area contributed by atoms with Crippen LogP contribution in [0.1, 0.15) is 29.2 Å². The third-order valence-corrected chi connectivity index (χ3v) is 8.78. The van der Waals surface area contributed by atoms with Gasteiger partial charge in [-0.1, -0.05) is 44.4 Å². The van der Waals surface area contributed by atoms with E-state index in [4.69, 9.17) is 15.5 Å². The molecule has 36 heavy (non-hydrogen) atoms. The van der Waals surface area contributed by atoms with E-state index in [1.54, 1.807) is 0 Å². The smallest absolute Gasteiger partial charge is 0.123 e. The molecule has 2 N–H and O–H groups in total. The van der Waals surface area contributed by atoms with Crippen molar-refractivity contribution >= 4 is 25.7 Å². The lowest BCUT2D eigenvalue weighted by molar-refractivity contribution is 0.0856. The zero-order valence-electron chi connectivity index (χ0n) is 22.1. The Balaban J connectivity index is 1.72. The van der Waals surface area contributed by atoms with Gasteiger partial charge in [-0.3, -0.25) is 9.98 Å². The highest BCUT2D eigenvalue weighted by molar-refractivity contribution is 6.76. The quantitative estimate of drug-likeness (QED) is 0.275. The van der Waals surface area contributed by atoms with E-state index in [2.05, 4.69) is 77.9 Å². The Bertz CT molecular complexity index is 1370. The minimum Gasteiger partial charge on any atom is -0.361 e. The van der Waals surface area contributed by atoms with Crippen LogP contribution in [0.25, 0.3) is 11.4 Å². The van der Waals surface area contributed by atoms with Crippen LogP contribution in [0.3, 0.4) is 0 Å². The number of aromatic nitrogens is 2. The summed E-state index contributed by atoms with van der Waals surface area (Å²) >= 11 is 0. The molecule has 0 bridgehead atoms. The molecule has 3 aromatic rings. The summed E-state index contributed by atoms with van der Waals surface area (Å²) in [6.45, 7) is 14.8. The highest BCUT2D eigenvalue weighted by Crippen LogP contribution is 2.39. The molecule has 0 aliphatic heterocycles. The second-order valence-electron chi connectivity index (χ2n) is 10.9. The molecule has 2 heterocycles. The molecule has 0 saturated heterocycles. The molecule has 1 aliphatic rings. The fraction of sp³-hybridized carbons (Fsp3) is 0.367. The maximum Gasteiger partial charge on any atom is 0.123 e. The zero-order chi connectivity index (χ0) is 25.8. The van der Waals surface area contributed by atoms with Crippen LogP contribution < -0.4 is 16.3 Å². The van der Waals surface area contributed by atoms with Gasteiger partial charge >= 0.3 is 0 Å². The molecule has 0 amide bonds. The van der Waals surface area contributed by atoms with Crippen molar-refractivity contribution in [2.45, 2.75) is 57.6 Å². The molecule has 1 aromatic carbocycles. The lowest BCUT2D eigenvalue weighted by Crippen LogP contribution is -2.36. The number of rotatable bonds is 9. The van der Waals surface area contributed by atoms with Crippen LogP contribution in [-0.4, -0.2) is 37.0 Å². The first-order chi connectivity index (χ1) is 17.3. The van der Waals surface area contributed by atoms with Gasteiger partial charge in [0.15, 0.2) is 0 Å². The van der Waals surface area contributed by atoms with E-state index in [0.29, 0.717) is 13.3 Å². The number of benzene rings is 1. The molecule has 0 saturated carbocycles. The SMILES string of the molecule is C=C=c1/c(=C(\N=C/C)c2cccc(C3(CN)Cc4ccncc4C3)c2)ccn1COCC[Si](C)(C)C. The van der Waals surface area contributed by atoms with Crippen LogP contribution in [0.15, 0.2) is 66.6 Å². The van der Waals surface area contributed by atoms with Crippen LogP contribution in [0.5, 0.6) is 0 Å². The van der Waals surface area contributed by atoms with Gasteiger partial charge in [0, 0.05) is 62.2 Å². The molecule has 1 unspecified atom stereocenters. The van der Waals surface area contributed by atoms with E-state index in [-0.39, 0.29) is 5.41 Å². The summed E-state index contributed by atoms with van der Waals surface area (Å²) in [5, 5.41) is 1.89. The lowest BCUT2D eigenvalue weighted by Gasteiger charge is -2.28. The maximum absolute atomic E-state index is 6.42. The first-order valence-electron chi connectivity index (χ1n) is 12.7. The Morgan fingerprint density at radius 2 is 2.06 bits per heavy atom. The topological polar surface area (TPSA) is 65.4 Å². The van der Waals surface area contributed by atoms with Crippen LogP contribution in [0, 0.1) is 0 Å². The molecule has 0 radical (unpaired) electrons. The van der Waals surface area contributed by atoms with Gasteiger partial charge in [0.05, 0.1) is 11.0 Å². The number of nitrogens with zero attached hydrogens (tertiary/aromatic N) is 3. The average Bonchev–Trinajstić information content (AvgIpc) is 3.46. The highest BCUT2D eigenvalue weighted by atomic mass is 28.3. The number of fused-ring (bicyclic) bond motifs is 1. The summed E-state index contributed by atoms with van der Waals surface area (Å²) in [4.78, 5) is 9.14. The van der Waals surface area contributed by atoms with Gasteiger partial charge in [-0.15, -0.1) is 5.73 Å². The normalized spacial score (nSPS) is 18.4. The number of pyridine rings is 1. The molecule has 0 spiro atoms. The van der Waals surface area contributed by atoms with Gasteiger partial charge in [-0.2, -0.15) is 0 Å². The standard InChI is InChI=1S/C30H38N4OSi/c1-6-28-27(12-14-34(28)22-35-15-16-36(3,4)5)29(33-7-2)23-9-8-10-26(17-23)30(21-31)18-24-11-13-32-20-25(24)19-30/h7-14,17,20H,1,15-16,18-19,21-22,31H2,2-5H3/b29-27-,33-7-. The van der Waals surface area contributed by atoms with Crippen molar-refractivity contribution in [2.75, 3.05) is 13.2 Å². The number of ether oxygens (including phenoxy) is 1. The molecule has 1 aliphatic carbocycles. The largest absolute Gasteiger partial charge is 0.361 e. The minimum atomic E-state index is -1.13. The molecule has 0 fully saturated rings. The first kappa shape index (κ1) is 26.1. The summed E-state index contributed by atoms with van der Waals surface area (Å²) in [6.07, 6.45) is 9.56. The summed E-state index contributed by atoms with van der Waals surface area (Å²) in [5.74, 6) is 0. The third-order valence-electron chi connectivity index (χ3n) is 7.07. The number of hydrogen-bond acceptors (Lipinski definition) is 4. The van der Waals surface area contributed by atoms with Crippen molar-refractivity contribution in [1.82, 2.24) is 9.55 Å². The van der Waals surface area contributed by atoms with E-state index in [0.717, 1.165) is 47.3 Å².